The summed E-state index contributed by atoms with van der Waals surface area (Å²) in [6.45, 7) is -0.0745. The van der Waals surface area contributed by atoms with E-state index in [2.05, 4.69) is 86.1 Å². The van der Waals surface area contributed by atoms with Crippen molar-refractivity contribution in [3.63, 3.8) is 0 Å². The average molecular weight is 598 g/mol. The van der Waals surface area contributed by atoms with Crippen LogP contribution >= 0.6 is 66.4 Å². The number of rotatable bonds is 0. The van der Waals surface area contributed by atoms with Gasteiger partial charge in [0.15, 0.2) is 0 Å². The summed E-state index contributed by atoms with van der Waals surface area (Å²) in [6, 6.07) is 19.5. The van der Waals surface area contributed by atoms with Crippen LogP contribution in [0.1, 0.15) is 11.1 Å². The summed E-state index contributed by atoms with van der Waals surface area (Å²) in [6.07, 6.45) is 0. The van der Waals surface area contributed by atoms with E-state index in [1.807, 2.05) is 60.7 Å². The van der Waals surface area contributed by atoms with Crippen molar-refractivity contribution in [2.45, 2.75) is 0 Å². The molecule has 0 amide bonds. The number of hydrogen-bond donors (Lipinski definition) is 1. The van der Waals surface area contributed by atoms with E-state index in [0.29, 0.717) is 0 Å². The van der Waals surface area contributed by atoms with E-state index in [9.17, 15) is 0 Å². The second kappa shape index (κ2) is 17.7. The van der Waals surface area contributed by atoms with Gasteiger partial charge in [-0.3, -0.25) is 0 Å². The Hall–Kier alpha value is -0.130. The monoisotopic (exact) mass is 594 g/mol. The molecular formula is C18H15Br4OP. The normalized spacial score (nSPS) is 8.25. The molecule has 0 fully saturated rings. The van der Waals surface area contributed by atoms with Gasteiger partial charge in [-0.2, -0.15) is 0 Å². The maximum absolute atomic E-state index is 8.35. The van der Waals surface area contributed by atoms with Gasteiger partial charge in [-0.15, -0.1) is 0 Å². The lowest BCUT2D eigenvalue weighted by Gasteiger charge is -1.84. The number of hydrogen-bond acceptors (Lipinski definition) is 1. The molecule has 0 unspecified atom stereocenters. The quantitative estimate of drug-likeness (QED) is 0.200. The Kier molecular flexibility index (Phi) is 17.6. The van der Waals surface area contributed by atoms with Crippen LogP contribution in [0.25, 0.3) is 0 Å². The molecule has 24 heavy (non-hydrogen) atoms. The maximum Gasteiger partial charge on any atom is 0.104 e. The van der Waals surface area contributed by atoms with Gasteiger partial charge in [0.05, 0.1) is 5.33 Å². The number of benzene rings is 2. The molecule has 0 saturated carbocycles. The highest BCUT2D eigenvalue weighted by atomic mass is 80.0. The lowest BCUT2D eigenvalue weighted by atomic mass is 10.2. The third kappa shape index (κ3) is 16.7. The zero-order valence-electron chi connectivity index (χ0n) is 12.6. The van der Waals surface area contributed by atoms with E-state index >= 15 is 0 Å². The molecule has 1 nitrogen and oxygen atoms in total. The average Bonchev–Trinajstić information content (AvgIpc) is 2.60. The Labute approximate surface area is 177 Å². The molecule has 0 radical (unpaired) electrons. The Morgan fingerprint density at radius 3 is 1.46 bits per heavy atom. The third-order valence-corrected chi connectivity index (χ3v) is 2.44. The molecular weight excluding hydrogens is 583 g/mol. The first kappa shape index (κ1) is 23.9. The molecule has 0 aliphatic carbocycles. The first-order valence-corrected chi connectivity index (χ1v) is 15.1. The SMILES string of the molecule is BrCC#Cc1ccccc1.BrP(Br)Br.OCC#Cc1ccccc1. The van der Waals surface area contributed by atoms with Crippen molar-refractivity contribution in [3.05, 3.63) is 71.8 Å². The molecule has 6 heteroatoms. The summed E-state index contributed by atoms with van der Waals surface area (Å²) in [7, 11) is 0. The number of aliphatic hydroxyl groups is 1. The van der Waals surface area contributed by atoms with Gasteiger partial charge < -0.3 is 5.11 Å². The van der Waals surface area contributed by atoms with Crippen LogP contribution in [-0.4, -0.2) is 17.0 Å². The van der Waals surface area contributed by atoms with Crippen LogP contribution in [0.2, 0.25) is 0 Å². The van der Waals surface area contributed by atoms with Gasteiger partial charge in [0.25, 0.3) is 0 Å². The Morgan fingerprint density at radius 2 is 1.12 bits per heavy atom. The van der Waals surface area contributed by atoms with Crippen LogP contribution in [0.4, 0.5) is 0 Å². The van der Waals surface area contributed by atoms with Gasteiger partial charge >= 0.3 is 0 Å². The molecule has 0 aromatic heterocycles. The smallest absolute Gasteiger partial charge is 0.104 e. The fourth-order valence-electron chi connectivity index (χ4n) is 1.32. The molecule has 0 spiro atoms. The van der Waals surface area contributed by atoms with Crippen LogP contribution < -0.4 is 0 Å². The minimum absolute atomic E-state index is 0.0745. The fraction of sp³-hybridized carbons (Fsp3) is 0.111. The van der Waals surface area contributed by atoms with Crippen LogP contribution in [0, 0.1) is 23.7 Å². The van der Waals surface area contributed by atoms with Crippen LogP contribution in [-0.2, 0) is 0 Å². The zero-order valence-corrected chi connectivity index (χ0v) is 19.8. The lowest BCUT2D eigenvalue weighted by molar-refractivity contribution is 0.350. The van der Waals surface area contributed by atoms with E-state index in [4.69, 9.17) is 5.11 Å². The largest absolute Gasteiger partial charge is 0.384 e. The number of halogens is 4. The van der Waals surface area contributed by atoms with Crippen molar-refractivity contribution >= 4 is 66.4 Å². The molecule has 0 atom stereocenters. The van der Waals surface area contributed by atoms with Crippen molar-refractivity contribution in [2.75, 3.05) is 11.9 Å². The van der Waals surface area contributed by atoms with Gasteiger partial charge in [0, 0.05) is 11.1 Å². The van der Waals surface area contributed by atoms with Crippen molar-refractivity contribution in [2.24, 2.45) is 0 Å². The zero-order chi connectivity index (χ0) is 18.0. The Bertz CT molecular complexity index is 595. The van der Waals surface area contributed by atoms with Crippen molar-refractivity contribution in [3.8, 4) is 23.7 Å². The highest BCUT2D eigenvalue weighted by Crippen LogP contribution is 2.59. The van der Waals surface area contributed by atoms with E-state index in [1.165, 1.54) is 0 Å². The number of aliphatic hydroxyl groups excluding tert-OH is 1. The predicted octanol–water partition coefficient (Wildman–Crippen LogP) is 6.86. The third-order valence-electron chi connectivity index (χ3n) is 2.16. The van der Waals surface area contributed by atoms with E-state index in [0.717, 1.165) is 16.5 Å². The van der Waals surface area contributed by atoms with Gasteiger partial charge in [-0.25, -0.2) is 0 Å². The summed E-state index contributed by atoms with van der Waals surface area (Å²) in [4.78, 5) is 0. The summed E-state index contributed by atoms with van der Waals surface area (Å²) < 4.78 is -0.183. The van der Waals surface area contributed by atoms with E-state index < -0.39 is 0 Å². The second-order valence-corrected chi connectivity index (χ2v) is 19.7. The predicted molar refractivity (Wildman–Crippen MR) is 121 cm³/mol. The standard InChI is InChI=1S/C9H7Br.C9H8O.Br3P/c2*10-8-4-7-9-5-2-1-3-6-9;1-4(2)3/h1-3,5-6H,8H2;1-3,5-6,10H,8H2;. The first-order valence-electron chi connectivity index (χ1n) is 6.62. The molecule has 1 N–H and O–H groups in total. The second-order valence-electron chi connectivity index (χ2n) is 3.82. The first-order chi connectivity index (χ1) is 11.6. The minimum Gasteiger partial charge on any atom is -0.384 e. The van der Waals surface area contributed by atoms with Crippen LogP contribution in [0.3, 0.4) is 0 Å². The molecule has 0 aliphatic rings. The summed E-state index contributed by atoms with van der Waals surface area (Å²) in [5.74, 6) is 11.3. The van der Waals surface area contributed by atoms with E-state index in [-0.39, 0.29) is 10.6 Å². The lowest BCUT2D eigenvalue weighted by Crippen LogP contribution is -1.74. The highest BCUT2D eigenvalue weighted by molar-refractivity contribution is 9.93. The Balaban J connectivity index is 0.000000363. The minimum atomic E-state index is -0.183. The summed E-state index contributed by atoms with van der Waals surface area (Å²) in [5, 5.41) is 9.09. The molecule has 0 aliphatic heterocycles. The number of alkyl halides is 1. The van der Waals surface area contributed by atoms with Gasteiger partial charge in [-0.05, 0) is 70.7 Å². The highest BCUT2D eigenvalue weighted by Gasteiger charge is 1.79. The van der Waals surface area contributed by atoms with Gasteiger partial charge in [-0.1, -0.05) is 76.0 Å². The van der Waals surface area contributed by atoms with Crippen molar-refractivity contribution < 1.29 is 5.11 Å². The fourth-order valence-corrected chi connectivity index (χ4v) is 1.46. The molecule has 2 aromatic carbocycles. The Morgan fingerprint density at radius 1 is 0.750 bits per heavy atom. The topological polar surface area (TPSA) is 20.2 Å². The molecule has 2 aromatic rings. The molecule has 0 saturated heterocycles. The van der Waals surface area contributed by atoms with Gasteiger partial charge in [0.1, 0.15) is 10.6 Å². The van der Waals surface area contributed by atoms with Crippen molar-refractivity contribution in [1.29, 1.82) is 0 Å². The summed E-state index contributed by atoms with van der Waals surface area (Å²) in [5.41, 5.74) is 2.01. The summed E-state index contributed by atoms with van der Waals surface area (Å²) >= 11 is 12.7. The van der Waals surface area contributed by atoms with Crippen LogP contribution in [0.5, 0.6) is 0 Å². The van der Waals surface area contributed by atoms with Gasteiger partial charge in [0.2, 0.25) is 0 Å². The molecule has 2 rings (SSSR count). The van der Waals surface area contributed by atoms with E-state index in [1.54, 1.807) is 0 Å². The molecule has 126 valence electrons. The van der Waals surface area contributed by atoms with Crippen molar-refractivity contribution in [1.82, 2.24) is 0 Å². The maximum atomic E-state index is 8.35. The molecule has 0 bridgehead atoms. The molecule has 0 heterocycles. The van der Waals surface area contributed by atoms with Crippen LogP contribution in [0.15, 0.2) is 60.7 Å².